The summed E-state index contributed by atoms with van der Waals surface area (Å²) in [6.45, 7) is 4.02. The normalized spacial score (nSPS) is 37.7. The van der Waals surface area contributed by atoms with Crippen LogP contribution in [-0.2, 0) is 4.74 Å². The molecule has 2 rings (SSSR count). The predicted octanol–water partition coefficient (Wildman–Crippen LogP) is 1.69. The molecule has 1 saturated heterocycles. The molecule has 1 aliphatic heterocycles. The van der Waals surface area contributed by atoms with Gasteiger partial charge in [0.05, 0.1) is 18.6 Å². The van der Waals surface area contributed by atoms with Crippen molar-refractivity contribution >= 4 is 0 Å². The number of hydrogen-bond acceptors (Lipinski definition) is 3. The van der Waals surface area contributed by atoms with E-state index in [0.717, 1.165) is 32.5 Å². The third kappa shape index (κ3) is 2.50. The van der Waals surface area contributed by atoms with Gasteiger partial charge in [-0.05, 0) is 32.1 Å². The standard InChI is InChI=1S/C12H20N2O/c1-9(11-5-6-15-8-11)14-12-4-2-3-10(12)7-13/h9-12,14H,2-6,8H2,1H3. The molecule has 15 heavy (non-hydrogen) atoms. The minimum atomic E-state index is 0.231. The van der Waals surface area contributed by atoms with E-state index in [1.165, 1.54) is 6.42 Å². The SMILES string of the molecule is CC(NC1CCCC1C#N)C1CCOC1. The molecule has 3 heteroatoms. The summed E-state index contributed by atoms with van der Waals surface area (Å²) in [5.74, 6) is 0.875. The molecule has 2 aliphatic rings. The summed E-state index contributed by atoms with van der Waals surface area (Å²) in [4.78, 5) is 0. The highest BCUT2D eigenvalue weighted by atomic mass is 16.5. The Bertz CT molecular complexity index is 242. The second-order valence-electron chi connectivity index (χ2n) is 4.85. The molecule has 84 valence electrons. The first-order valence-corrected chi connectivity index (χ1v) is 6.04. The molecular formula is C12H20N2O. The van der Waals surface area contributed by atoms with Crippen molar-refractivity contribution in [2.45, 2.75) is 44.7 Å². The van der Waals surface area contributed by atoms with E-state index < -0.39 is 0 Å². The third-order valence-corrected chi connectivity index (χ3v) is 3.83. The second kappa shape index (κ2) is 4.96. The molecule has 0 aromatic heterocycles. The maximum absolute atomic E-state index is 9.00. The minimum absolute atomic E-state index is 0.231. The largest absolute Gasteiger partial charge is 0.381 e. The van der Waals surface area contributed by atoms with Gasteiger partial charge < -0.3 is 10.1 Å². The van der Waals surface area contributed by atoms with E-state index >= 15 is 0 Å². The summed E-state index contributed by atoms with van der Waals surface area (Å²) < 4.78 is 5.39. The van der Waals surface area contributed by atoms with E-state index in [1.54, 1.807) is 0 Å². The Balaban J connectivity index is 1.82. The fourth-order valence-corrected chi connectivity index (χ4v) is 2.73. The summed E-state index contributed by atoms with van der Waals surface area (Å²) in [5, 5.41) is 12.6. The van der Waals surface area contributed by atoms with Crippen molar-refractivity contribution in [1.82, 2.24) is 5.32 Å². The van der Waals surface area contributed by atoms with E-state index in [4.69, 9.17) is 10.00 Å². The molecular weight excluding hydrogens is 188 g/mol. The molecule has 0 radical (unpaired) electrons. The van der Waals surface area contributed by atoms with E-state index in [2.05, 4.69) is 18.3 Å². The fraction of sp³-hybridized carbons (Fsp3) is 0.917. The van der Waals surface area contributed by atoms with Gasteiger partial charge in [-0.25, -0.2) is 0 Å². The van der Waals surface area contributed by atoms with Crippen LogP contribution in [-0.4, -0.2) is 25.3 Å². The first kappa shape index (κ1) is 10.9. The maximum Gasteiger partial charge on any atom is 0.0672 e. The maximum atomic E-state index is 9.00. The molecule has 1 saturated carbocycles. The lowest BCUT2D eigenvalue weighted by Gasteiger charge is -2.25. The average molecular weight is 208 g/mol. The van der Waals surface area contributed by atoms with E-state index in [-0.39, 0.29) is 5.92 Å². The Labute approximate surface area is 91.8 Å². The summed E-state index contributed by atoms with van der Waals surface area (Å²) in [7, 11) is 0. The first-order valence-electron chi connectivity index (χ1n) is 6.04. The number of nitrogens with zero attached hydrogens (tertiary/aromatic N) is 1. The van der Waals surface area contributed by atoms with Gasteiger partial charge in [-0.2, -0.15) is 5.26 Å². The van der Waals surface area contributed by atoms with Crippen LogP contribution >= 0.6 is 0 Å². The van der Waals surface area contributed by atoms with Gasteiger partial charge in [0, 0.05) is 18.7 Å². The van der Waals surface area contributed by atoms with Crippen molar-refractivity contribution in [3.63, 3.8) is 0 Å². The first-order chi connectivity index (χ1) is 7.31. The van der Waals surface area contributed by atoms with Crippen LogP contribution in [0.3, 0.4) is 0 Å². The van der Waals surface area contributed by atoms with Gasteiger partial charge >= 0.3 is 0 Å². The molecule has 4 atom stereocenters. The van der Waals surface area contributed by atoms with Crippen molar-refractivity contribution in [1.29, 1.82) is 5.26 Å². The van der Waals surface area contributed by atoms with Crippen molar-refractivity contribution in [2.24, 2.45) is 11.8 Å². The van der Waals surface area contributed by atoms with Gasteiger partial charge in [0.15, 0.2) is 0 Å². The van der Waals surface area contributed by atoms with Crippen LogP contribution < -0.4 is 5.32 Å². The second-order valence-corrected chi connectivity index (χ2v) is 4.85. The number of hydrogen-bond donors (Lipinski definition) is 1. The fourth-order valence-electron chi connectivity index (χ4n) is 2.73. The lowest BCUT2D eigenvalue weighted by Crippen LogP contribution is -2.42. The van der Waals surface area contributed by atoms with Crippen LogP contribution in [0, 0.1) is 23.2 Å². The topological polar surface area (TPSA) is 45.0 Å². The molecule has 0 bridgehead atoms. The van der Waals surface area contributed by atoms with Crippen LogP contribution in [0.25, 0.3) is 0 Å². The number of nitriles is 1. The molecule has 1 heterocycles. The molecule has 1 aliphatic carbocycles. The Hall–Kier alpha value is -0.590. The molecule has 4 unspecified atom stereocenters. The predicted molar refractivity (Wildman–Crippen MR) is 58.3 cm³/mol. The van der Waals surface area contributed by atoms with Gasteiger partial charge in [-0.1, -0.05) is 6.42 Å². The zero-order chi connectivity index (χ0) is 10.7. The Kier molecular flexibility index (Phi) is 3.61. The van der Waals surface area contributed by atoms with Gasteiger partial charge in [0.25, 0.3) is 0 Å². The zero-order valence-electron chi connectivity index (χ0n) is 9.41. The van der Waals surface area contributed by atoms with Crippen molar-refractivity contribution in [3.8, 4) is 6.07 Å². The number of nitrogens with one attached hydrogen (secondary N) is 1. The molecule has 0 spiro atoms. The van der Waals surface area contributed by atoms with E-state index in [9.17, 15) is 0 Å². The third-order valence-electron chi connectivity index (χ3n) is 3.83. The molecule has 0 aromatic rings. The van der Waals surface area contributed by atoms with Gasteiger partial charge in [0.1, 0.15) is 0 Å². The van der Waals surface area contributed by atoms with E-state index in [1.807, 2.05) is 0 Å². The quantitative estimate of drug-likeness (QED) is 0.767. The Morgan fingerprint density at radius 3 is 2.93 bits per heavy atom. The van der Waals surface area contributed by atoms with Crippen molar-refractivity contribution in [3.05, 3.63) is 0 Å². The highest BCUT2D eigenvalue weighted by Crippen LogP contribution is 2.26. The van der Waals surface area contributed by atoms with Gasteiger partial charge in [0.2, 0.25) is 0 Å². The van der Waals surface area contributed by atoms with Crippen LogP contribution in [0.1, 0.15) is 32.6 Å². The van der Waals surface area contributed by atoms with E-state index in [0.29, 0.717) is 18.0 Å². The number of ether oxygens (including phenoxy) is 1. The summed E-state index contributed by atoms with van der Waals surface area (Å²) in [6.07, 6.45) is 4.60. The minimum Gasteiger partial charge on any atom is -0.381 e. The highest BCUT2D eigenvalue weighted by Gasteiger charge is 2.30. The zero-order valence-corrected chi connectivity index (χ0v) is 9.41. The molecule has 3 nitrogen and oxygen atoms in total. The molecule has 0 aromatic carbocycles. The summed E-state index contributed by atoms with van der Waals surface area (Å²) >= 11 is 0. The van der Waals surface area contributed by atoms with Crippen molar-refractivity contribution in [2.75, 3.05) is 13.2 Å². The van der Waals surface area contributed by atoms with Crippen LogP contribution in [0.15, 0.2) is 0 Å². The van der Waals surface area contributed by atoms with Crippen LogP contribution in [0.5, 0.6) is 0 Å². The summed E-state index contributed by atoms with van der Waals surface area (Å²) in [5.41, 5.74) is 0. The number of rotatable bonds is 3. The Morgan fingerprint density at radius 2 is 2.27 bits per heavy atom. The summed E-state index contributed by atoms with van der Waals surface area (Å²) in [6, 6.07) is 3.33. The lowest BCUT2D eigenvalue weighted by atomic mass is 9.97. The molecule has 2 fully saturated rings. The van der Waals surface area contributed by atoms with Crippen molar-refractivity contribution < 1.29 is 4.74 Å². The smallest absolute Gasteiger partial charge is 0.0672 e. The lowest BCUT2D eigenvalue weighted by molar-refractivity contribution is 0.176. The van der Waals surface area contributed by atoms with Gasteiger partial charge in [-0.15, -0.1) is 0 Å². The van der Waals surface area contributed by atoms with Gasteiger partial charge in [-0.3, -0.25) is 0 Å². The highest BCUT2D eigenvalue weighted by molar-refractivity contribution is 4.97. The van der Waals surface area contributed by atoms with Crippen LogP contribution in [0.2, 0.25) is 0 Å². The molecule has 1 N–H and O–H groups in total. The average Bonchev–Trinajstić information content (AvgIpc) is 2.87. The van der Waals surface area contributed by atoms with Crippen LogP contribution in [0.4, 0.5) is 0 Å². The monoisotopic (exact) mass is 208 g/mol. The molecule has 0 amide bonds. The Morgan fingerprint density at radius 1 is 1.40 bits per heavy atom.